The molecule has 88 valence electrons. The summed E-state index contributed by atoms with van der Waals surface area (Å²) in [5, 5.41) is 6.89. The third-order valence-electron chi connectivity index (χ3n) is 2.32. The van der Waals surface area contributed by atoms with Gasteiger partial charge in [0.05, 0.1) is 6.20 Å². The lowest BCUT2D eigenvalue weighted by Crippen LogP contribution is -2.22. The molecule has 1 fully saturated rings. The molecule has 0 saturated carbocycles. The molecule has 1 aromatic heterocycles. The zero-order valence-corrected chi connectivity index (χ0v) is 10.7. The Kier molecular flexibility index (Phi) is 4.17. The first-order chi connectivity index (χ1) is 7.75. The van der Waals surface area contributed by atoms with Gasteiger partial charge in [-0.25, -0.2) is 0 Å². The minimum Gasteiger partial charge on any atom is -0.359 e. The molecule has 16 heavy (non-hydrogen) atoms. The monoisotopic (exact) mass is 258 g/mol. The molecule has 0 aliphatic carbocycles. The molecule has 4 nitrogen and oxygen atoms in total. The van der Waals surface area contributed by atoms with E-state index < -0.39 is 0 Å². The van der Waals surface area contributed by atoms with E-state index in [0.717, 1.165) is 11.5 Å². The van der Waals surface area contributed by atoms with Crippen LogP contribution in [0.1, 0.15) is 12.2 Å². The van der Waals surface area contributed by atoms with E-state index in [1.165, 1.54) is 11.9 Å². The lowest BCUT2D eigenvalue weighted by molar-refractivity contribution is -0.116. The van der Waals surface area contributed by atoms with E-state index in [2.05, 4.69) is 10.5 Å². The van der Waals surface area contributed by atoms with E-state index >= 15 is 0 Å². The summed E-state index contributed by atoms with van der Waals surface area (Å²) in [5.74, 6) is 4.12. The molecule has 2 rings (SSSR count). The van der Waals surface area contributed by atoms with Crippen LogP contribution in [0.15, 0.2) is 10.7 Å². The van der Waals surface area contributed by atoms with Crippen LogP contribution in [0.4, 0.5) is 5.69 Å². The zero-order chi connectivity index (χ0) is 11.4. The molecule has 0 aromatic carbocycles. The molecule has 1 aliphatic heterocycles. The van der Waals surface area contributed by atoms with Gasteiger partial charge in [0.25, 0.3) is 0 Å². The summed E-state index contributed by atoms with van der Waals surface area (Å²) in [5.41, 5.74) is 0.679. The first kappa shape index (κ1) is 11.9. The summed E-state index contributed by atoms with van der Waals surface area (Å²) in [6.07, 6.45) is 2.11. The van der Waals surface area contributed by atoms with E-state index in [-0.39, 0.29) is 5.91 Å². The molecular weight excluding hydrogens is 244 g/mol. The number of carbonyl (C=O) groups is 1. The highest BCUT2D eigenvalue weighted by atomic mass is 32.2. The van der Waals surface area contributed by atoms with Crippen molar-refractivity contribution in [3.05, 3.63) is 12.0 Å². The lowest BCUT2D eigenvalue weighted by Gasteiger charge is -2.20. The van der Waals surface area contributed by atoms with Crippen molar-refractivity contribution < 1.29 is 9.32 Å². The number of nitrogens with zero attached hydrogens (tertiary/aromatic N) is 1. The van der Waals surface area contributed by atoms with Gasteiger partial charge in [-0.15, -0.1) is 0 Å². The second-order valence-corrected chi connectivity index (χ2v) is 6.17. The van der Waals surface area contributed by atoms with Gasteiger partial charge in [-0.2, -0.15) is 23.5 Å². The minimum absolute atomic E-state index is 0.0475. The second-order valence-electron chi connectivity index (χ2n) is 3.62. The van der Waals surface area contributed by atoms with Crippen LogP contribution < -0.4 is 5.32 Å². The van der Waals surface area contributed by atoms with Gasteiger partial charge in [0.2, 0.25) is 5.91 Å². The number of thioether (sulfide) groups is 2. The molecule has 1 saturated heterocycles. The largest absolute Gasteiger partial charge is 0.359 e. The smallest absolute Gasteiger partial charge is 0.225 e. The van der Waals surface area contributed by atoms with Gasteiger partial charge in [-0.1, -0.05) is 5.16 Å². The number of carbonyl (C=O) groups excluding carboxylic acids is 1. The maximum Gasteiger partial charge on any atom is 0.225 e. The molecule has 0 bridgehead atoms. The number of hydrogen-bond acceptors (Lipinski definition) is 5. The molecule has 6 heteroatoms. The highest BCUT2D eigenvalue weighted by molar-refractivity contribution is 8.06. The van der Waals surface area contributed by atoms with Gasteiger partial charge in [0.15, 0.2) is 5.76 Å². The molecule has 1 atom stereocenters. The van der Waals surface area contributed by atoms with Crippen molar-refractivity contribution in [1.82, 2.24) is 5.16 Å². The summed E-state index contributed by atoms with van der Waals surface area (Å²) in [7, 11) is 0. The second kappa shape index (κ2) is 5.63. The van der Waals surface area contributed by atoms with Crippen LogP contribution in [0.2, 0.25) is 0 Å². The molecule has 1 aliphatic rings. The van der Waals surface area contributed by atoms with Crippen molar-refractivity contribution in [2.24, 2.45) is 0 Å². The van der Waals surface area contributed by atoms with Crippen LogP contribution in [-0.4, -0.2) is 33.6 Å². The van der Waals surface area contributed by atoms with Gasteiger partial charge in [0.1, 0.15) is 5.69 Å². The highest BCUT2D eigenvalue weighted by Crippen LogP contribution is 2.26. The standard InChI is InChI=1S/C10H14N2O2S2/c1-7-9(5-11-14-7)12-10(13)4-8-6-15-2-3-16-8/h5,8H,2-4,6H2,1H3,(H,12,13)/t8-/m0/s1. The van der Waals surface area contributed by atoms with E-state index in [1.54, 1.807) is 6.92 Å². The Labute approximate surface area is 103 Å². The van der Waals surface area contributed by atoms with Crippen LogP contribution >= 0.6 is 23.5 Å². The Balaban J connectivity index is 1.82. The summed E-state index contributed by atoms with van der Waals surface area (Å²) in [4.78, 5) is 11.7. The van der Waals surface area contributed by atoms with Crippen molar-refractivity contribution in [2.75, 3.05) is 22.6 Å². The van der Waals surface area contributed by atoms with Crippen LogP contribution in [-0.2, 0) is 4.79 Å². The van der Waals surface area contributed by atoms with Gasteiger partial charge in [-0.3, -0.25) is 4.79 Å². The van der Waals surface area contributed by atoms with Crippen molar-refractivity contribution >= 4 is 35.1 Å². The van der Waals surface area contributed by atoms with Crippen LogP contribution in [0.3, 0.4) is 0 Å². The number of rotatable bonds is 3. The number of aryl methyl sites for hydroxylation is 1. The van der Waals surface area contributed by atoms with Gasteiger partial charge in [0, 0.05) is 28.9 Å². The Morgan fingerprint density at radius 3 is 3.19 bits per heavy atom. The fourth-order valence-electron chi connectivity index (χ4n) is 1.48. The molecule has 0 radical (unpaired) electrons. The Bertz CT molecular complexity index is 361. The predicted octanol–water partition coefficient (Wildman–Crippen LogP) is 2.16. The number of anilines is 1. The lowest BCUT2D eigenvalue weighted by atomic mass is 10.3. The fraction of sp³-hybridized carbons (Fsp3) is 0.600. The number of nitrogens with one attached hydrogen (secondary N) is 1. The van der Waals surface area contributed by atoms with Crippen molar-refractivity contribution in [1.29, 1.82) is 0 Å². The van der Waals surface area contributed by atoms with Crippen LogP contribution in [0.25, 0.3) is 0 Å². The van der Waals surface area contributed by atoms with Crippen LogP contribution in [0, 0.1) is 6.92 Å². The third-order valence-corrected chi connectivity index (χ3v) is 5.17. The first-order valence-electron chi connectivity index (χ1n) is 5.16. The minimum atomic E-state index is 0.0475. The van der Waals surface area contributed by atoms with Gasteiger partial charge >= 0.3 is 0 Å². The van der Waals surface area contributed by atoms with E-state index in [9.17, 15) is 4.79 Å². The average molecular weight is 258 g/mol. The predicted molar refractivity (Wildman–Crippen MR) is 68.1 cm³/mol. The summed E-state index contributed by atoms with van der Waals surface area (Å²) in [6, 6.07) is 0. The Morgan fingerprint density at radius 2 is 2.56 bits per heavy atom. The highest BCUT2D eigenvalue weighted by Gasteiger charge is 2.18. The SMILES string of the molecule is Cc1oncc1NC(=O)C[C@H]1CSCCS1. The molecule has 0 unspecified atom stereocenters. The molecule has 1 aromatic rings. The number of amides is 1. The Hall–Kier alpha value is -0.620. The normalized spacial score (nSPS) is 20.7. The quantitative estimate of drug-likeness (QED) is 0.900. The summed E-state index contributed by atoms with van der Waals surface area (Å²) < 4.78 is 4.88. The molecular formula is C10H14N2O2S2. The molecule has 2 heterocycles. The van der Waals surface area contributed by atoms with E-state index in [0.29, 0.717) is 23.1 Å². The number of aromatic nitrogens is 1. The number of hydrogen-bond donors (Lipinski definition) is 1. The maximum absolute atomic E-state index is 11.7. The van der Waals surface area contributed by atoms with Crippen molar-refractivity contribution in [3.63, 3.8) is 0 Å². The fourth-order valence-corrected chi connectivity index (χ4v) is 4.16. The summed E-state index contributed by atoms with van der Waals surface area (Å²) >= 11 is 3.81. The zero-order valence-electron chi connectivity index (χ0n) is 9.06. The van der Waals surface area contributed by atoms with Gasteiger partial charge < -0.3 is 9.84 Å². The van der Waals surface area contributed by atoms with Crippen molar-refractivity contribution in [2.45, 2.75) is 18.6 Å². The molecule has 0 spiro atoms. The molecule has 1 N–H and O–H groups in total. The van der Waals surface area contributed by atoms with E-state index in [4.69, 9.17) is 4.52 Å². The summed E-state index contributed by atoms with van der Waals surface area (Å²) in [6.45, 7) is 1.79. The molecule has 1 amide bonds. The third kappa shape index (κ3) is 3.18. The van der Waals surface area contributed by atoms with Gasteiger partial charge in [-0.05, 0) is 6.92 Å². The first-order valence-corrected chi connectivity index (χ1v) is 7.36. The topological polar surface area (TPSA) is 55.1 Å². The van der Waals surface area contributed by atoms with Crippen molar-refractivity contribution in [3.8, 4) is 0 Å². The Morgan fingerprint density at radius 1 is 1.69 bits per heavy atom. The van der Waals surface area contributed by atoms with E-state index in [1.807, 2.05) is 23.5 Å². The average Bonchev–Trinajstić information content (AvgIpc) is 2.66. The van der Waals surface area contributed by atoms with Crippen LogP contribution in [0.5, 0.6) is 0 Å². The maximum atomic E-state index is 11.7.